The Bertz CT molecular complexity index is 334. The Kier molecular flexibility index (Phi) is 4.95. The maximum absolute atomic E-state index is 11.5. The number of carbonyl (C=O) groups excluding carboxylic acids is 1. The lowest BCUT2D eigenvalue weighted by Crippen LogP contribution is -2.55. The Balaban J connectivity index is 1.96. The van der Waals surface area contributed by atoms with Gasteiger partial charge in [-0.15, -0.1) is 0 Å². The van der Waals surface area contributed by atoms with E-state index in [-0.39, 0.29) is 12.1 Å². The standard InChI is InChI=1S/C16H30N2O2/c1-16(2,3)9-12-8-13(17-15(19)20-4)11-18(10-12)14-6-5-7-14/h12-14H,5-11H2,1-4H3,(H,17,19). The van der Waals surface area contributed by atoms with Gasteiger partial charge in [0.1, 0.15) is 0 Å². The second-order valence-electron chi connectivity index (χ2n) is 7.74. The topological polar surface area (TPSA) is 41.6 Å². The summed E-state index contributed by atoms with van der Waals surface area (Å²) in [4.78, 5) is 14.1. The van der Waals surface area contributed by atoms with Gasteiger partial charge in [-0.2, -0.15) is 0 Å². The molecular formula is C16H30N2O2. The summed E-state index contributed by atoms with van der Waals surface area (Å²) in [5.41, 5.74) is 0.350. The van der Waals surface area contributed by atoms with Crippen LogP contribution < -0.4 is 5.32 Å². The highest BCUT2D eigenvalue weighted by Crippen LogP contribution is 2.34. The molecule has 4 heteroatoms. The average molecular weight is 282 g/mol. The lowest BCUT2D eigenvalue weighted by Gasteiger charge is -2.46. The van der Waals surface area contributed by atoms with Crippen LogP contribution in [0.15, 0.2) is 0 Å². The van der Waals surface area contributed by atoms with Gasteiger partial charge < -0.3 is 10.1 Å². The number of likely N-dealkylation sites (tertiary alicyclic amines) is 1. The van der Waals surface area contributed by atoms with Crippen molar-refractivity contribution in [2.75, 3.05) is 20.2 Å². The van der Waals surface area contributed by atoms with E-state index in [4.69, 9.17) is 4.74 Å². The monoisotopic (exact) mass is 282 g/mol. The molecule has 0 bridgehead atoms. The SMILES string of the molecule is COC(=O)NC1CC(CC(C)(C)C)CN(C2CCC2)C1. The maximum atomic E-state index is 11.5. The number of methoxy groups -OCH3 is 1. The molecule has 1 saturated heterocycles. The van der Waals surface area contributed by atoms with E-state index >= 15 is 0 Å². The van der Waals surface area contributed by atoms with E-state index in [2.05, 4.69) is 31.0 Å². The first kappa shape index (κ1) is 15.6. The van der Waals surface area contributed by atoms with Gasteiger partial charge in [0.2, 0.25) is 0 Å². The number of hydrogen-bond acceptors (Lipinski definition) is 3. The second kappa shape index (κ2) is 6.33. The van der Waals surface area contributed by atoms with Gasteiger partial charge in [0.15, 0.2) is 0 Å². The van der Waals surface area contributed by atoms with Gasteiger partial charge >= 0.3 is 6.09 Å². The molecule has 1 heterocycles. The summed E-state index contributed by atoms with van der Waals surface area (Å²) < 4.78 is 4.76. The summed E-state index contributed by atoms with van der Waals surface area (Å²) in [5, 5.41) is 3.01. The quantitative estimate of drug-likeness (QED) is 0.865. The molecule has 2 rings (SSSR count). The summed E-state index contributed by atoms with van der Waals surface area (Å²) in [7, 11) is 1.44. The third-order valence-corrected chi connectivity index (χ3v) is 4.56. The number of amides is 1. The molecule has 116 valence electrons. The van der Waals surface area contributed by atoms with Crippen LogP contribution in [0.5, 0.6) is 0 Å². The Morgan fingerprint density at radius 3 is 2.50 bits per heavy atom. The molecule has 1 aliphatic carbocycles. The number of piperidine rings is 1. The highest BCUT2D eigenvalue weighted by molar-refractivity contribution is 5.67. The van der Waals surface area contributed by atoms with Gasteiger partial charge in [-0.05, 0) is 37.0 Å². The molecule has 20 heavy (non-hydrogen) atoms. The summed E-state index contributed by atoms with van der Waals surface area (Å²) in [5.74, 6) is 0.673. The molecule has 2 fully saturated rings. The Labute approximate surface area is 123 Å². The van der Waals surface area contributed by atoms with Crippen LogP contribution in [0, 0.1) is 11.3 Å². The first-order valence-electron chi connectivity index (χ1n) is 7.96. The van der Waals surface area contributed by atoms with Crippen molar-refractivity contribution in [3.05, 3.63) is 0 Å². The fraction of sp³-hybridized carbons (Fsp3) is 0.938. The number of nitrogens with zero attached hydrogens (tertiary/aromatic N) is 1. The van der Waals surface area contributed by atoms with Crippen molar-refractivity contribution in [2.24, 2.45) is 11.3 Å². The molecule has 1 saturated carbocycles. The minimum Gasteiger partial charge on any atom is -0.453 e. The first-order valence-corrected chi connectivity index (χ1v) is 7.96. The van der Waals surface area contributed by atoms with Gasteiger partial charge in [0.25, 0.3) is 0 Å². The van der Waals surface area contributed by atoms with Crippen molar-refractivity contribution in [1.82, 2.24) is 10.2 Å². The lowest BCUT2D eigenvalue weighted by atomic mass is 9.78. The van der Waals surface area contributed by atoms with E-state index in [1.807, 2.05) is 0 Å². The van der Waals surface area contributed by atoms with E-state index in [0.717, 1.165) is 19.0 Å². The van der Waals surface area contributed by atoms with Crippen molar-refractivity contribution < 1.29 is 9.53 Å². The summed E-state index contributed by atoms with van der Waals surface area (Å²) >= 11 is 0. The highest BCUT2D eigenvalue weighted by atomic mass is 16.5. The molecule has 1 N–H and O–H groups in total. The minimum absolute atomic E-state index is 0.240. The fourth-order valence-corrected chi connectivity index (χ4v) is 3.63. The molecule has 0 radical (unpaired) electrons. The van der Waals surface area contributed by atoms with Crippen LogP contribution in [0.1, 0.15) is 52.9 Å². The molecule has 2 unspecified atom stereocenters. The number of rotatable bonds is 3. The van der Waals surface area contributed by atoms with Gasteiger partial charge in [-0.1, -0.05) is 27.2 Å². The number of carbonyl (C=O) groups is 1. The Hall–Kier alpha value is -0.770. The molecule has 0 spiro atoms. The normalized spacial score (nSPS) is 28.8. The number of alkyl carbamates (subject to hydrolysis) is 1. The largest absolute Gasteiger partial charge is 0.453 e. The summed E-state index contributed by atoms with van der Waals surface area (Å²) in [6.45, 7) is 9.09. The van der Waals surface area contributed by atoms with Crippen LogP contribution >= 0.6 is 0 Å². The third-order valence-electron chi connectivity index (χ3n) is 4.56. The molecule has 0 aromatic rings. The van der Waals surface area contributed by atoms with Gasteiger partial charge in [-0.25, -0.2) is 4.79 Å². The third kappa shape index (κ3) is 4.37. The van der Waals surface area contributed by atoms with E-state index in [1.165, 1.54) is 39.3 Å². The van der Waals surface area contributed by atoms with Crippen molar-refractivity contribution >= 4 is 6.09 Å². The molecule has 2 aliphatic rings. The van der Waals surface area contributed by atoms with Gasteiger partial charge in [-0.3, -0.25) is 4.90 Å². The molecule has 0 aromatic carbocycles. The van der Waals surface area contributed by atoms with Crippen LogP contribution in [0.4, 0.5) is 4.79 Å². The van der Waals surface area contributed by atoms with Crippen LogP contribution in [0.2, 0.25) is 0 Å². The zero-order valence-corrected chi connectivity index (χ0v) is 13.4. The molecule has 1 aliphatic heterocycles. The number of ether oxygens (including phenoxy) is 1. The van der Waals surface area contributed by atoms with Crippen LogP contribution in [-0.2, 0) is 4.74 Å². The van der Waals surface area contributed by atoms with E-state index in [1.54, 1.807) is 0 Å². The lowest BCUT2D eigenvalue weighted by molar-refractivity contribution is 0.0454. The molecular weight excluding hydrogens is 252 g/mol. The zero-order chi connectivity index (χ0) is 14.8. The average Bonchev–Trinajstić information content (AvgIpc) is 2.23. The molecule has 0 aromatic heterocycles. The second-order valence-corrected chi connectivity index (χ2v) is 7.74. The van der Waals surface area contributed by atoms with Gasteiger partial charge in [0.05, 0.1) is 7.11 Å². The predicted octanol–water partition coefficient (Wildman–Crippen LogP) is 3.02. The van der Waals surface area contributed by atoms with Crippen LogP contribution in [-0.4, -0.2) is 43.3 Å². The smallest absolute Gasteiger partial charge is 0.407 e. The van der Waals surface area contributed by atoms with Crippen molar-refractivity contribution in [3.8, 4) is 0 Å². The van der Waals surface area contributed by atoms with Gasteiger partial charge in [0, 0.05) is 25.2 Å². The van der Waals surface area contributed by atoms with Crippen LogP contribution in [0.3, 0.4) is 0 Å². The molecule has 4 nitrogen and oxygen atoms in total. The molecule has 1 amide bonds. The van der Waals surface area contributed by atoms with Crippen molar-refractivity contribution in [2.45, 2.75) is 65.0 Å². The Morgan fingerprint density at radius 1 is 1.30 bits per heavy atom. The van der Waals surface area contributed by atoms with Crippen molar-refractivity contribution in [3.63, 3.8) is 0 Å². The van der Waals surface area contributed by atoms with E-state index in [0.29, 0.717) is 11.3 Å². The first-order chi connectivity index (χ1) is 9.37. The van der Waals surface area contributed by atoms with Crippen molar-refractivity contribution in [1.29, 1.82) is 0 Å². The summed E-state index contributed by atoms with van der Waals surface area (Å²) in [6.07, 6.45) is 6.02. The maximum Gasteiger partial charge on any atom is 0.407 e. The predicted molar refractivity (Wildman–Crippen MR) is 80.7 cm³/mol. The Morgan fingerprint density at radius 2 is 2.00 bits per heavy atom. The molecule has 2 atom stereocenters. The minimum atomic E-state index is -0.292. The number of nitrogens with one attached hydrogen (secondary N) is 1. The summed E-state index contributed by atoms with van der Waals surface area (Å²) in [6, 6.07) is 0.990. The van der Waals surface area contributed by atoms with E-state index < -0.39 is 0 Å². The van der Waals surface area contributed by atoms with E-state index in [9.17, 15) is 4.79 Å². The number of hydrogen-bond donors (Lipinski definition) is 1. The van der Waals surface area contributed by atoms with Crippen LogP contribution in [0.25, 0.3) is 0 Å². The zero-order valence-electron chi connectivity index (χ0n) is 13.4. The highest BCUT2D eigenvalue weighted by Gasteiger charge is 2.35. The fourth-order valence-electron chi connectivity index (χ4n) is 3.63.